The lowest BCUT2D eigenvalue weighted by atomic mass is 9.87. The molecule has 8 heteroatoms. The fraction of sp³-hybridized carbons (Fsp3) is 0.786. The number of carbonyl (C=O) groups is 2. The van der Waals surface area contributed by atoms with Crippen LogP contribution in [0.5, 0.6) is 0 Å². The van der Waals surface area contributed by atoms with E-state index in [-0.39, 0.29) is 25.5 Å². The minimum absolute atomic E-state index is 0.125. The van der Waals surface area contributed by atoms with Crippen molar-refractivity contribution in [2.75, 3.05) is 26.8 Å². The van der Waals surface area contributed by atoms with E-state index in [4.69, 9.17) is 9.94 Å². The standard InChI is InChI=1S/C14H27N3O5/c1-10(17-21)5-7-15-11(18)6-8-16-13(20)12(19)14(2,3)9-22-4/h12,19,21H,5-9H2,1-4H3,(H,15,18)(H,16,20)/p+1/b17-10+/t12-/m0/s1. The fourth-order valence-electron chi connectivity index (χ4n) is 1.73. The largest absolute Gasteiger partial charge is 0.469 e. The first kappa shape index (κ1) is 20.3. The van der Waals surface area contributed by atoms with Crippen LogP contribution in [0.2, 0.25) is 0 Å². The van der Waals surface area contributed by atoms with Gasteiger partial charge in [0.05, 0.1) is 6.61 Å². The summed E-state index contributed by atoms with van der Waals surface area (Å²) in [5.41, 5.74) is -0.0640. The highest BCUT2D eigenvalue weighted by molar-refractivity contribution is 5.83. The average Bonchev–Trinajstić information content (AvgIpc) is 2.45. The molecule has 1 atom stereocenters. The monoisotopic (exact) mass is 318 g/mol. The van der Waals surface area contributed by atoms with Crippen LogP contribution >= 0.6 is 0 Å². The number of nitrogens with zero attached hydrogens (tertiary/aromatic N) is 1. The van der Waals surface area contributed by atoms with Crippen molar-refractivity contribution >= 4 is 17.5 Å². The topological polar surface area (TPSA) is 123 Å². The first-order chi connectivity index (χ1) is 10.2. The molecule has 0 heterocycles. The molecule has 0 aromatic rings. The van der Waals surface area contributed by atoms with Crippen LogP contribution in [0, 0.1) is 5.41 Å². The normalized spacial score (nSPS) is 13.6. The van der Waals surface area contributed by atoms with Gasteiger partial charge < -0.3 is 25.7 Å². The van der Waals surface area contributed by atoms with Gasteiger partial charge >= 0.3 is 0 Å². The Kier molecular flexibility index (Phi) is 9.35. The average molecular weight is 318 g/mol. The molecule has 128 valence electrons. The van der Waals surface area contributed by atoms with E-state index >= 15 is 0 Å². The fourth-order valence-corrected chi connectivity index (χ4v) is 1.73. The van der Waals surface area contributed by atoms with Gasteiger partial charge in [-0.15, -0.1) is 0 Å². The maximum absolute atomic E-state index is 11.8. The van der Waals surface area contributed by atoms with E-state index in [0.717, 1.165) is 0 Å². The van der Waals surface area contributed by atoms with Gasteiger partial charge in [0.15, 0.2) is 0 Å². The van der Waals surface area contributed by atoms with Crippen molar-refractivity contribution in [3.05, 3.63) is 0 Å². The number of aliphatic hydroxyl groups excluding tert-OH is 1. The first-order valence-corrected chi connectivity index (χ1v) is 7.16. The van der Waals surface area contributed by atoms with Gasteiger partial charge in [0.25, 0.3) is 0 Å². The predicted molar refractivity (Wildman–Crippen MR) is 83.6 cm³/mol. The second-order valence-electron chi connectivity index (χ2n) is 5.81. The Morgan fingerprint density at radius 2 is 1.86 bits per heavy atom. The van der Waals surface area contributed by atoms with E-state index in [9.17, 15) is 14.7 Å². The number of rotatable bonds is 10. The van der Waals surface area contributed by atoms with Gasteiger partial charge in [-0.3, -0.25) is 9.59 Å². The zero-order valence-corrected chi connectivity index (χ0v) is 13.7. The van der Waals surface area contributed by atoms with E-state index in [1.54, 1.807) is 20.8 Å². The molecule has 0 unspecified atom stereocenters. The number of amides is 2. The summed E-state index contributed by atoms with van der Waals surface area (Å²) in [5.74, 6) is -0.726. The van der Waals surface area contributed by atoms with Crippen LogP contribution in [0.1, 0.15) is 33.6 Å². The van der Waals surface area contributed by atoms with Crippen molar-refractivity contribution in [3.63, 3.8) is 0 Å². The zero-order chi connectivity index (χ0) is 17.2. The van der Waals surface area contributed by atoms with Gasteiger partial charge in [-0.05, 0) is 6.92 Å². The number of aliphatic hydroxyl groups is 1. The van der Waals surface area contributed by atoms with E-state index in [1.807, 2.05) is 0 Å². The van der Waals surface area contributed by atoms with Gasteiger partial charge in [-0.25, -0.2) is 0 Å². The Balaban J connectivity index is 3.99. The summed E-state index contributed by atoms with van der Waals surface area (Å²) in [5, 5.41) is 25.2. The molecule has 0 aliphatic heterocycles. The quantitative estimate of drug-likeness (QED) is 0.275. The molecule has 22 heavy (non-hydrogen) atoms. The lowest BCUT2D eigenvalue weighted by Crippen LogP contribution is -2.46. The van der Waals surface area contributed by atoms with Crippen LogP contribution in [-0.2, 0) is 14.3 Å². The maximum atomic E-state index is 11.8. The molecule has 0 saturated heterocycles. The van der Waals surface area contributed by atoms with Gasteiger partial charge in [0.1, 0.15) is 11.8 Å². The smallest absolute Gasteiger partial charge is 0.249 e. The molecule has 0 aliphatic carbocycles. The van der Waals surface area contributed by atoms with Crippen LogP contribution in [0.3, 0.4) is 0 Å². The molecule has 0 spiro atoms. The molecule has 0 saturated carbocycles. The Morgan fingerprint density at radius 1 is 1.27 bits per heavy atom. The predicted octanol–water partition coefficient (Wildman–Crippen LogP) is -0.867. The van der Waals surface area contributed by atoms with E-state index in [0.29, 0.717) is 18.7 Å². The number of ether oxygens (including phenoxy) is 1. The Hall–Kier alpha value is -1.67. The summed E-state index contributed by atoms with van der Waals surface area (Å²) in [7, 11) is 1.50. The minimum atomic E-state index is -1.20. The van der Waals surface area contributed by atoms with Crippen molar-refractivity contribution in [2.45, 2.75) is 39.7 Å². The van der Waals surface area contributed by atoms with Crippen LogP contribution in [0.25, 0.3) is 0 Å². The van der Waals surface area contributed by atoms with E-state index < -0.39 is 17.4 Å². The molecular formula is C14H28N3O5+. The van der Waals surface area contributed by atoms with Crippen LogP contribution in [0.15, 0.2) is 5.16 Å². The number of hydrogen-bond donors (Lipinski definition) is 3. The highest BCUT2D eigenvalue weighted by atomic mass is 16.5. The highest BCUT2D eigenvalue weighted by Crippen LogP contribution is 2.20. The van der Waals surface area contributed by atoms with Crippen molar-refractivity contribution in [3.8, 4) is 0 Å². The summed E-state index contributed by atoms with van der Waals surface area (Å²) >= 11 is 0. The molecule has 0 aromatic heterocycles. The van der Waals surface area contributed by atoms with Crippen LogP contribution < -0.4 is 10.6 Å². The number of methoxy groups -OCH3 is 1. The third-order valence-electron chi connectivity index (χ3n) is 3.16. The van der Waals surface area contributed by atoms with Crippen LogP contribution in [-0.4, -0.2) is 60.7 Å². The van der Waals surface area contributed by atoms with Gasteiger partial charge in [-0.2, -0.15) is 0 Å². The third-order valence-corrected chi connectivity index (χ3v) is 3.16. The Bertz CT molecular complexity index is 396. The van der Waals surface area contributed by atoms with Crippen molar-refractivity contribution in [1.82, 2.24) is 10.6 Å². The summed E-state index contributed by atoms with van der Waals surface area (Å²) in [4.78, 5) is 23.3. The van der Waals surface area contributed by atoms with E-state index in [2.05, 4.69) is 15.8 Å². The third kappa shape index (κ3) is 7.94. The van der Waals surface area contributed by atoms with Gasteiger partial charge in [0.2, 0.25) is 11.8 Å². The molecule has 2 amide bonds. The lowest BCUT2D eigenvalue weighted by Gasteiger charge is -2.28. The highest BCUT2D eigenvalue weighted by Gasteiger charge is 2.33. The molecule has 0 rings (SSSR count). The molecule has 0 aromatic carbocycles. The second kappa shape index (κ2) is 10.1. The van der Waals surface area contributed by atoms with Crippen molar-refractivity contribution < 1.29 is 24.6 Å². The summed E-state index contributed by atoms with van der Waals surface area (Å²) in [6, 6.07) is 0. The SMILES string of the molecule is COCC(C)(C)[C@@H](O)C(=O)NCCC(=O)NCC/C(C)=N/[OH2+]. The molecule has 0 aliphatic rings. The second-order valence-corrected chi connectivity index (χ2v) is 5.81. The summed E-state index contributed by atoms with van der Waals surface area (Å²) in [6.45, 7) is 5.97. The molecule has 8 nitrogen and oxygen atoms in total. The Morgan fingerprint density at radius 3 is 2.41 bits per heavy atom. The van der Waals surface area contributed by atoms with E-state index in [1.165, 1.54) is 7.11 Å². The molecule has 0 fully saturated rings. The first-order valence-electron chi connectivity index (χ1n) is 7.16. The minimum Gasteiger partial charge on any atom is -0.469 e. The van der Waals surface area contributed by atoms with Crippen LogP contribution in [0.4, 0.5) is 0 Å². The van der Waals surface area contributed by atoms with Gasteiger partial charge in [-0.1, -0.05) is 13.8 Å². The van der Waals surface area contributed by atoms with Crippen molar-refractivity contribution in [2.24, 2.45) is 10.6 Å². The Labute approximate surface area is 130 Å². The lowest BCUT2D eigenvalue weighted by molar-refractivity contribution is -0.137. The molecule has 5 N–H and O–H groups in total. The van der Waals surface area contributed by atoms with Crippen molar-refractivity contribution in [1.29, 1.82) is 0 Å². The molecule has 0 bridgehead atoms. The summed E-state index contributed by atoms with van der Waals surface area (Å²) in [6.07, 6.45) is -0.558. The number of hydrogen-bond acceptors (Lipinski definition) is 5. The number of carbonyl (C=O) groups excluding carboxylic acids is 2. The van der Waals surface area contributed by atoms with Gasteiger partial charge in [0, 0.05) is 43.6 Å². The molecule has 0 radical (unpaired) electrons. The molecular weight excluding hydrogens is 290 g/mol. The maximum Gasteiger partial charge on any atom is 0.249 e. The summed E-state index contributed by atoms with van der Waals surface area (Å²) < 4.78 is 4.97. The number of nitrogens with one attached hydrogen (secondary N) is 2. The zero-order valence-electron chi connectivity index (χ0n) is 13.7.